The first-order chi connectivity index (χ1) is 5.77. The molecule has 0 amide bonds. The van der Waals surface area contributed by atoms with Crippen molar-refractivity contribution in [3.63, 3.8) is 0 Å². The maximum absolute atomic E-state index is 9.94. The Morgan fingerprint density at radius 2 is 2.17 bits per heavy atom. The van der Waals surface area contributed by atoms with E-state index < -0.39 is 5.97 Å². The van der Waals surface area contributed by atoms with Gasteiger partial charge < -0.3 is 10.2 Å². The van der Waals surface area contributed by atoms with Crippen LogP contribution >= 0.6 is 0 Å². The summed E-state index contributed by atoms with van der Waals surface area (Å²) in [6.45, 7) is -0.0583. The summed E-state index contributed by atoms with van der Waals surface area (Å²) in [5.41, 5.74) is 0. The highest BCUT2D eigenvalue weighted by atomic mass is 16.4. The smallest absolute Gasteiger partial charge is 0.315 e. The topological polar surface area (TPSA) is 57.5 Å². The second kappa shape index (κ2) is 7.40. The molecular formula is C9H8O3. The van der Waals surface area contributed by atoms with Crippen LogP contribution in [0.4, 0.5) is 0 Å². The van der Waals surface area contributed by atoms with Crippen molar-refractivity contribution in [2.75, 3.05) is 6.61 Å². The molecule has 0 heterocycles. The molecule has 2 N–H and O–H groups in total. The average Bonchev–Trinajstić information content (AvgIpc) is 2.02. The lowest BCUT2D eigenvalue weighted by atomic mass is 10.4. The summed E-state index contributed by atoms with van der Waals surface area (Å²) in [7, 11) is 0. The van der Waals surface area contributed by atoms with E-state index in [-0.39, 0.29) is 13.0 Å². The van der Waals surface area contributed by atoms with Gasteiger partial charge in [0, 0.05) is 0 Å². The van der Waals surface area contributed by atoms with E-state index in [0.717, 1.165) is 0 Å². The maximum Gasteiger partial charge on any atom is 0.315 e. The second-order valence-electron chi connectivity index (χ2n) is 1.73. The van der Waals surface area contributed by atoms with Gasteiger partial charge in [0.1, 0.15) is 6.42 Å². The summed E-state index contributed by atoms with van der Waals surface area (Å²) in [6, 6.07) is 0. The molecule has 0 aromatic rings. The van der Waals surface area contributed by atoms with Gasteiger partial charge in [-0.3, -0.25) is 4.79 Å². The number of aliphatic hydroxyl groups excluding tert-OH is 1. The number of aliphatic hydroxyl groups is 1. The van der Waals surface area contributed by atoms with Crippen LogP contribution in [-0.2, 0) is 4.79 Å². The lowest BCUT2D eigenvalue weighted by Crippen LogP contribution is -1.89. The van der Waals surface area contributed by atoms with E-state index >= 15 is 0 Å². The van der Waals surface area contributed by atoms with Crippen LogP contribution < -0.4 is 0 Å². The van der Waals surface area contributed by atoms with E-state index in [4.69, 9.17) is 10.2 Å². The normalized spacial score (nSPS) is 8.08. The predicted octanol–water partition coefficient (Wildman–Crippen LogP) is 0.0164. The van der Waals surface area contributed by atoms with Gasteiger partial charge in [-0.05, 0) is 17.9 Å². The summed E-state index contributed by atoms with van der Waals surface area (Å²) < 4.78 is 0. The number of hydrogen-bond acceptors (Lipinski definition) is 2. The van der Waals surface area contributed by atoms with Crippen molar-refractivity contribution >= 4 is 5.97 Å². The van der Waals surface area contributed by atoms with E-state index in [2.05, 4.69) is 23.7 Å². The minimum Gasteiger partial charge on any atom is -0.481 e. The third-order valence-electron chi connectivity index (χ3n) is 0.769. The highest BCUT2D eigenvalue weighted by Gasteiger charge is 1.86. The Hall–Kier alpha value is -1.71. The van der Waals surface area contributed by atoms with Crippen molar-refractivity contribution in [2.45, 2.75) is 6.42 Å². The number of rotatable bonds is 2. The van der Waals surface area contributed by atoms with E-state index in [9.17, 15) is 4.79 Å². The molecule has 0 aliphatic rings. The fourth-order valence-corrected chi connectivity index (χ4v) is 0.353. The van der Waals surface area contributed by atoms with Crippen LogP contribution in [0, 0.1) is 23.7 Å². The molecule has 0 spiro atoms. The molecule has 0 fully saturated rings. The summed E-state index contributed by atoms with van der Waals surface area (Å²) in [5.74, 6) is 8.64. The molecule has 0 aromatic carbocycles. The first kappa shape index (κ1) is 10.3. The zero-order valence-corrected chi connectivity index (χ0v) is 6.37. The van der Waals surface area contributed by atoms with Crippen molar-refractivity contribution in [1.29, 1.82) is 0 Å². The Balaban J connectivity index is 3.74. The molecular weight excluding hydrogens is 156 g/mol. The molecule has 12 heavy (non-hydrogen) atoms. The van der Waals surface area contributed by atoms with Crippen molar-refractivity contribution in [2.24, 2.45) is 0 Å². The highest BCUT2D eigenvalue weighted by Crippen LogP contribution is 1.72. The van der Waals surface area contributed by atoms with Crippen LogP contribution in [0.5, 0.6) is 0 Å². The number of carboxylic acid groups (broad SMARTS) is 1. The predicted molar refractivity (Wildman–Crippen MR) is 44.0 cm³/mol. The molecule has 0 rings (SSSR count). The minimum absolute atomic E-state index is 0.0583. The van der Waals surface area contributed by atoms with Gasteiger partial charge in [0.25, 0.3) is 0 Å². The third-order valence-corrected chi connectivity index (χ3v) is 0.769. The Morgan fingerprint density at radius 1 is 1.42 bits per heavy atom. The molecule has 3 heteroatoms. The van der Waals surface area contributed by atoms with Gasteiger partial charge >= 0.3 is 5.97 Å². The minimum atomic E-state index is -0.963. The maximum atomic E-state index is 9.94. The Kier molecular flexibility index (Phi) is 6.34. The van der Waals surface area contributed by atoms with Gasteiger partial charge in [0.05, 0.1) is 6.61 Å². The summed E-state index contributed by atoms with van der Waals surface area (Å²) >= 11 is 0. The molecule has 0 atom stereocenters. The zero-order chi connectivity index (χ0) is 9.23. The summed E-state index contributed by atoms with van der Waals surface area (Å²) in [6.07, 6.45) is 2.72. The number of hydrogen-bond donors (Lipinski definition) is 2. The Labute approximate surface area is 70.7 Å². The van der Waals surface area contributed by atoms with Crippen molar-refractivity contribution < 1.29 is 15.0 Å². The fourth-order valence-electron chi connectivity index (χ4n) is 0.353. The number of carboxylic acids is 1. The molecule has 0 aromatic heterocycles. The van der Waals surface area contributed by atoms with Crippen molar-refractivity contribution in [3.05, 3.63) is 12.2 Å². The standard InChI is InChI=1S/C9H8O3/c10-8-6-4-2-1-3-5-7-9(11)12/h4,6,10H,7-8H2,(H,11,12)/b6-4-. The third kappa shape index (κ3) is 8.29. The lowest BCUT2D eigenvalue weighted by Gasteiger charge is -1.74. The molecule has 0 saturated heterocycles. The first-order valence-corrected chi connectivity index (χ1v) is 3.23. The van der Waals surface area contributed by atoms with Crippen LogP contribution in [-0.4, -0.2) is 22.8 Å². The van der Waals surface area contributed by atoms with Gasteiger partial charge in [-0.15, -0.1) is 0 Å². The van der Waals surface area contributed by atoms with Crippen LogP contribution in [0.1, 0.15) is 6.42 Å². The van der Waals surface area contributed by atoms with Crippen molar-refractivity contribution in [3.8, 4) is 23.7 Å². The fraction of sp³-hybridized carbons (Fsp3) is 0.222. The zero-order valence-electron chi connectivity index (χ0n) is 6.37. The van der Waals surface area contributed by atoms with Crippen molar-refractivity contribution in [1.82, 2.24) is 0 Å². The van der Waals surface area contributed by atoms with E-state index in [0.29, 0.717) is 0 Å². The van der Waals surface area contributed by atoms with Gasteiger partial charge in [0.15, 0.2) is 0 Å². The summed E-state index contributed by atoms with van der Waals surface area (Å²) in [5, 5.41) is 16.4. The second-order valence-corrected chi connectivity index (χ2v) is 1.73. The van der Waals surface area contributed by atoms with Crippen LogP contribution in [0.15, 0.2) is 12.2 Å². The monoisotopic (exact) mass is 164 g/mol. The molecule has 0 saturated carbocycles. The largest absolute Gasteiger partial charge is 0.481 e. The highest BCUT2D eigenvalue weighted by molar-refractivity contribution is 5.70. The van der Waals surface area contributed by atoms with Gasteiger partial charge in [-0.2, -0.15) is 0 Å². The van der Waals surface area contributed by atoms with Gasteiger partial charge in [0.2, 0.25) is 0 Å². The summed E-state index contributed by atoms with van der Waals surface area (Å²) in [4.78, 5) is 9.94. The molecule has 0 unspecified atom stereocenters. The van der Waals surface area contributed by atoms with E-state index in [1.807, 2.05) is 0 Å². The molecule has 0 radical (unpaired) electrons. The van der Waals surface area contributed by atoms with Crippen LogP contribution in [0.2, 0.25) is 0 Å². The molecule has 0 aliphatic heterocycles. The van der Waals surface area contributed by atoms with Gasteiger partial charge in [-0.1, -0.05) is 17.9 Å². The molecule has 0 aliphatic carbocycles. The quantitative estimate of drug-likeness (QED) is 0.565. The van der Waals surface area contributed by atoms with E-state index in [1.54, 1.807) is 0 Å². The van der Waals surface area contributed by atoms with E-state index in [1.165, 1.54) is 12.2 Å². The number of carbonyl (C=O) groups is 1. The number of aliphatic carboxylic acids is 1. The molecule has 62 valence electrons. The van der Waals surface area contributed by atoms with Crippen LogP contribution in [0.25, 0.3) is 0 Å². The Morgan fingerprint density at radius 3 is 2.75 bits per heavy atom. The first-order valence-electron chi connectivity index (χ1n) is 3.23. The SMILES string of the molecule is O=C(O)CC#CC#C/C=C\CO. The van der Waals surface area contributed by atoms with Crippen LogP contribution in [0.3, 0.4) is 0 Å². The number of allylic oxidation sites excluding steroid dienone is 1. The average molecular weight is 164 g/mol. The Bertz CT molecular complexity index is 280. The molecule has 0 bridgehead atoms. The van der Waals surface area contributed by atoms with Gasteiger partial charge in [-0.25, -0.2) is 0 Å². The molecule has 3 nitrogen and oxygen atoms in total. The lowest BCUT2D eigenvalue weighted by molar-refractivity contribution is -0.135.